The van der Waals surface area contributed by atoms with Crippen molar-refractivity contribution in [1.29, 1.82) is 0 Å². The quantitative estimate of drug-likeness (QED) is 0.702. The molecule has 78 valence electrons. The van der Waals surface area contributed by atoms with Crippen molar-refractivity contribution in [2.75, 3.05) is 18.0 Å². The van der Waals surface area contributed by atoms with Crippen molar-refractivity contribution in [3.8, 4) is 0 Å². The Morgan fingerprint density at radius 3 is 3.00 bits per heavy atom. The third-order valence-electron chi connectivity index (χ3n) is 1.82. The highest BCUT2D eigenvalue weighted by molar-refractivity contribution is 5.27. The molecule has 1 rings (SSSR count). The third-order valence-corrected chi connectivity index (χ3v) is 1.82. The van der Waals surface area contributed by atoms with Crippen molar-refractivity contribution in [1.82, 2.24) is 4.98 Å². The fraction of sp³-hybridized carbons (Fsp3) is 0.500. The number of aromatic nitrogens is 1. The first-order valence-corrected chi connectivity index (χ1v) is 4.73. The van der Waals surface area contributed by atoms with Gasteiger partial charge < -0.3 is 14.4 Å². The largest absolute Gasteiger partial charge is 0.432 e. The van der Waals surface area contributed by atoms with Crippen molar-refractivity contribution in [3.63, 3.8) is 0 Å². The molecule has 0 aliphatic rings. The van der Waals surface area contributed by atoms with Crippen LogP contribution in [0.5, 0.6) is 0 Å². The standard InChI is InChI=1S/C10H16N2O2/c1-3-5-12(6-4-2)10-11-9(7-13)8-14-10/h3,8,13H,1,4-7H2,2H3. The van der Waals surface area contributed by atoms with Gasteiger partial charge in [-0.15, -0.1) is 6.58 Å². The number of aliphatic hydroxyl groups excluding tert-OH is 1. The van der Waals surface area contributed by atoms with Crippen LogP contribution in [0.4, 0.5) is 6.01 Å². The molecule has 0 aliphatic heterocycles. The van der Waals surface area contributed by atoms with Crippen LogP contribution >= 0.6 is 0 Å². The normalized spacial score (nSPS) is 10.1. The number of oxazole rings is 1. The van der Waals surface area contributed by atoms with E-state index in [1.54, 1.807) is 6.08 Å². The van der Waals surface area contributed by atoms with E-state index >= 15 is 0 Å². The average Bonchev–Trinajstić information content (AvgIpc) is 2.65. The van der Waals surface area contributed by atoms with Gasteiger partial charge in [-0.1, -0.05) is 13.0 Å². The van der Waals surface area contributed by atoms with E-state index in [9.17, 15) is 0 Å². The molecule has 0 radical (unpaired) electrons. The van der Waals surface area contributed by atoms with Gasteiger partial charge in [-0.3, -0.25) is 0 Å². The highest BCUT2D eigenvalue weighted by atomic mass is 16.4. The number of nitrogens with zero attached hydrogens (tertiary/aromatic N) is 2. The van der Waals surface area contributed by atoms with Crippen LogP contribution in [0.3, 0.4) is 0 Å². The van der Waals surface area contributed by atoms with Crippen LogP contribution in [0.2, 0.25) is 0 Å². The molecule has 0 bridgehead atoms. The van der Waals surface area contributed by atoms with Crippen LogP contribution in [-0.2, 0) is 6.61 Å². The highest BCUT2D eigenvalue weighted by Crippen LogP contribution is 2.13. The molecule has 0 spiro atoms. The highest BCUT2D eigenvalue weighted by Gasteiger charge is 2.10. The lowest BCUT2D eigenvalue weighted by atomic mass is 10.4. The van der Waals surface area contributed by atoms with Crippen LogP contribution in [0.15, 0.2) is 23.3 Å². The topological polar surface area (TPSA) is 49.5 Å². The van der Waals surface area contributed by atoms with E-state index in [-0.39, 0.29) is 6.61 Å². The molecule has 0 saturated heterocycles. The molecular formula is C10H16N2O2. The molecule has 1 aromatic heterocycles. The Labute approximate surface area is 83.9 Å². The van der Waals surface area contributed by atoms with E-state index in [2.05, 4.69) is 18.5 Å². The summed E-state index contributed by atoms with van der Waals surface area (Å²) >= 11 is 0. The minimum Gasteiger partial charge on any atom is -0.432 e. The van der Waals surface area contributed by atoms with E-state index < -0.39 is 0 Å². The van der Waals surface area contributed by atoms with E-state index in [1.807, 2.05) is 4.90 Å². The van der Waals surface area contributed by atoms with Gasteiger partial charge in [0, 0.05) is 13.1 Å². The Balaban J connectivity index is 2.70. The molecule has 0 amide bonds. The summed E-state index contributed by atoms with van der Waals surface area (Å²) in [6.45, 7) is 7.26. The Morgan fingerprint density at radius 2 is 2.50 bits per heavy atom. The van der Waals surface area contributed by atoms with Crippen molar-refractivity contribution < 1.29 is 9.52 Å². The summed E-state index contributed by atoms with van der Waals surface area (Å²) in [5.74, 6) is 0. The molecule has 1 heterocycles. The van der Waals surface area contributed by atoms with Gasteiger partial charge in [0.25, 0.3) is 6.01 Å². The number of anilines is 1. The first-order valence-electron chi connectivity index (χ1n) is 4.73. The van der Waals surface area contributed by atoms with Crippen molar-refractivity contribution in [3.05, 3.63) is 24.6 Å². The summed E-state index contributed by atoms with van der Waals surface area (Å²) in [5, 5.41) is 8.83. The summed E-state index contributed by atoms with van der Waals surface area (Å²) in [6.07, 6.45) is 4.30. The van der Waals surface area contributed by atoms with Crippen LogP contribution in [0, 0.1) is 0 Å². The second kappa shape index (κ2) is 5.44. The van der Waals surface area contributed by atoms with Crippen LogP contribution in [0.25, 0.3) is 0 Å². The van der Waals surface area contributed by atoms with Gasteiger partial charge in [-0.25, -0.2) is 0 Å². The van der Waals surface area contributed by atoms with Crippen LogP contribution in [-0.4, -0.2) is 23.2 Å². The van der Waals surface area contributed by atoms with E-state index in [0.29, 0.717) is 18.3 Å². The SMILES string of the molecule is C=CCN(CCC)c1nc(CO)co1. The second-order valence-electron chi connectivity index (χ2n) is 3.01. The first-order chi connectivity index (χ1) is 6.81. The summed E-state index contributed by atoms with van der Waals surface area (Å²) in [6, 6.07) is 0.552. The van der Waals surface area contributed by atoms with Gasteiger partial charge >= 0.3 is 0 Å². The van der Waals surface area contributed by atoms with Crippen LogP contribution in [0.1, 0.15) is 19.0 Å². The van der Waals surface area contributed by atoms with Gasteiger partial charge in [0.15, 0.2) is 0 Å². The number of aliphatic hydroxyl groups is 1. The molecule has 0 fully saturated rings. The Kier molecular flexibility index (Phi) is 4.19. The Hall–Kier alpha value is -1.29. The lowest BCUT2D eigenvalue weighted by Crippen LogP contribution is -2.24. The zero-order valence-corrected chi connectivity index (χ0v) is 8.44. The van der Waals surface area contributed by atoms with Crippen molar-refractivity contribution in [2.45, 2.75) is 20.0 Å². The molecule has 0 aliphatic carbocycles. The summed E-state index contributed by atoms with van der Waals surface area (Å²) < 4.78 is 5.23. The van der Waals surface area contributed by atoms with Gasteiger partial charge in [0.05, 0.1) is 6.61 Å². The molecular weight excluding hydrogens is 180 g/mol. The minimum absolute atomic E-state index is 0.0858. The number of hydrogen-bond acceptors (Lipinski definition) is 4. The first kappa shape index (κ1) is 10.8. The molecule has 0 aromatic carbocycles. The zero-order valence-electron chi connectivity index (χ0n) is 8.44. The van der Waals surface area contributed by atoms with E-state index in [1.165, 1.54) is 6.26 Å². The zero-order chi connectivity index (χ0) is 10.4. The Bertz CT molecular complexity index is 283. The minimum atomic E-state index is -0.0858. The third kappa shape index (κ3) is 2.60. The fourth-order valence-electron chi connectivity index (χ4n) is 1.20. The van der Waals surface area contributed by atoms with Gasteiger partial charge in [-0.2, -0.15) is 4.98 Å². The monoisotopic (exact) mass is 196 g/mol. The Morgan fingerprint density at radius 1 is 1.71 bits per heavy atom. The van der Waals surface area contributed by atoms with Crippen molar-refractivity contribution >= 4 is 6.01 Å². The molecule has 4 heteroatoms. The van der Waals surface area contributed by atoms with E-state index in [4.69, 9.17) is 9.52 Å². The van der Waals surface area contributed by atoms with Crippen LogP contribution < -0.4 is 4.90 Å². The molecule has 1 aromatic rings. The van der Waals surface area contributed by atoms with Crippen molar-refractivity contribution in [2.24, 2.45) is 0 Å². The summed E-state index contributed by atoms with van der Waals surface area (Å²) in [7, 11) is 0. The van der Waals surface area contributed by atoms with E-state index in [0.717, 1.165) is 13.0 Å². The molecule has 0 atom stereocenters. The second-order valence-corrected chi connectivity index (χ2v) is 3.01. The summed E-state index contributed by atoms with van der Waals surface area (Å²) in [5.41, 5.74) is 0.560. The average molecular weight is 196 g/mol. The molecule has 14 heavy (non-hydrogen) atoms. The smallest absolute Gasteiger partial charge is 0.297 e. The maximum absolute atomic E-state index is 8.83. The molecule has 0 saturated carbocycles. The molecule has 0 unspecified atom stereocenters. The fourth-order valence-corrected chi connectivity index (χ4v) is 1.20. The van der Waals surface area contributed by atoms with Gasteiger partial charge in [0.2, 0.25) is 0 Å². The maximum atomic E-state index is 8.83. The predicted molar refractivity (Wildman–Crippen MR) is 55.1 cm³/mol. The lowest BCUT2D eigenvalue weighted by Gasteiger charge is -2.17. The predicted octanol–water partition coefficient (Wildman–Crippen LogP) is 1.57. The summed E-state index contributed by atoms with van der Waals surface area (Å²) in [4.78, 5) is 6.11. The number of hydrogen-bond donors (Lipinski definition) is 1. The van der Waals surface area contributed by atoms with Gasteiger partial charge in [-0.05, 0) is 6.42 Å². The molecule has 1 N–H and O–H groups in total. The number of rotatable bonds is 6. The van der Waals surface area contributed by atoms with Gasteiger partial charge in [0.1, 0.15) is 12.0 Å². The lowest BCUT2D eigenvalue weighted by molar-refractivity contribution is 0.276. The maximum Gasteiger partial charge on any atom is 0.297 e. The molecule has 4 nitrogen and oxygen atoms in total.